The summed E-state index contributed by atoms with van der Waals surface area (Å²) in [6.45, 7) is -0.899. The third-order valence-corrected chi connectivity index (χ3v) is 2.11. The summed E-state index contributed by atoms with van der Waals surface area (Å²) in [5.74, 6) is 0. The number of rotatable bonds is 5. The Bertz CT molecular complexity index is 387. The molecule has 0 aromatic heterocycles. The summed E-state index contributed by atoms with van der Waals surface area (Å²) in [5, 5.41) is 10.7. The standard InChI is InChI=1S/C9H8ClF2NO3/c10-8-2-1-7(13(14)15)3-6(8)4-16-5-9(11)12/h1-3,9H,4-5H2. The number of alkyl halides is 2. The van der Waals surface area contributed by atoms with Crippen LogP contribution >= 0.6 is 11.6 Å². The van der Waals surface area contributed by atoms with Crippen LogP contribution in [0.1, 0.15) is 5.56 Å². The number of halogens is 3. The molecule has 0 unspecified atom stereocenters. The quantitative estimate of drug-likeness (QED) is 0.597. The molecule has 16 heavy (non-hydrogen) atoms. The van der Waals surface area contributed by atoms with E-state index in [9.17, 15) is 18.9 Å². The third kappa shape index (κ3) is 3.71. The molecule has 0 heterocycles. The summed E-state index contributed by atoms with van der Waals surface area (Å²) in [4.78, 5) is 9.86. The first kappa shape index (κ1) is 12.8. The van der Waals surface area contributed by atoms with Gasteiger partial charge < -0.3 is 4.74 Å². The van der Waals surface area contributed by atoms with Crippen molar-refractivity contribution in [2.45, 2.75) is 13.0 Å². The maximum atomic E-state index is 11.8. The van der Waals surface area contributed by atoms with Crippen molar-refractivity contribution in [1.82, 2.24) is 0 Å². The van der Waals surface area contributed by atoms with E-state index in [1.807, 2.05) is 0 Å². The lowest BCUT2D eigenvalue weighted by Gasteiger charge is -2.05. The zero-order chi connectivity index (χ0) is 12.1. The Labute approximate surface area is 94.9 Å². The highest BCUT2D eigenvalue weighted by Gasteiger charge is 2.10. The Kier molecular flexibility index (Phi) is 4.57. The van der Waals surface area contributed by atoms with Crippen molar-refractivity contribution in [2.75, 3.05) is 6.61 Å². The summed E-state index contributed by atoms with van der Waals surface area (Å²) >= 11 is 5.73. The van der Waals surface area contributed by atoms with Crippen LogP contribution in [-0.4, -0.2) is 18.0 Å². The molecule has 4 nitrogen and oxygen atoms in total. The molecule has 0 aliphatic heterocycles. The van der Waals surface area contributed by atoms with Gasteiger partial charge in [-0.1, -0.05) is 11.6 Å². The predicted octanol–water partition coefficient (Wildman–Crippen LogP) is 3.03. The number of nitrogens with zero attached hydrogens (tertiary/aromatic N) is 1. The topological polar surface area (TPSA) is 52.4 Å². The van der Waals surface area contributed by atoms with E-state index < -0.39 is 18.0 Å². The molecule has 0 amide bonds. The number of non-ortho nitro benzene ring substituents is 1. The second-order valence-electron chi connectivity index (χ2n) is 2.94. The molecule has 0 saturated carbocycles. The molecule has 1 rings (SSSR count). The second kappa shape index (κ2) is 5.72. The molecule has 0 N–H and O–H groups in total. The number of nitro groups is 1. The highest BCUT2D eigenvalue weighted by Crippen LogP contribution is 2.22. The van der Waals surface area contributed by atoms with E-state index in [-0.39, 0.29) is 17.3 Å². The zero-order valence-electron chi connectivity index (χ0n) is 8.03. The fourth-order valence-electron chi connectivity index (χ4n) is 1.04. The molecule has 0 atom stereocenters. The van der Waals surface area contributed by atoms with Crippen LogP contribution in [-0.2, 0) is 11.3 Å². The molecular formula is C9H8ClF2NO3. The molecule has 1 aromatic carbocycles. The van der Waals surface area contributed by atoms with Crippen molar-refractivity contribution in [3.05, 3.63) is 38.9 Å². The molecule has 0 aliphatic rings. The molecule has 0 spiro atoms. The van der Waals surface area contributed by atoms with E-state index in [1.54, 1.807) is 0 Å². The number of hydrogen-bond donors (Lipinski definition) is 0. The number of ether oxygens (including phenoxy) is 1. The fourth-order valence-corrected chi connectivity index (χ4v) is 1.22. The number of benzene rings is 1. The van der Waals surface area contributed by atoms with Crippen molar-refractivity contribution < 1.29 is 18.4 Å². The average Bonchev–Trinajstić information content (AvgIpc) is 2.20. The van der Waals surface area contributed by atoms with E-state index in [0.29, 0.717) is 5.56 Å². The van der Waals surface area contributed by atoms with Gasteiger partial charge in [0.15, 0.2) is 0 Å². The Morgan fingerprint density at radius 2 is 2.19 bits per heavy atom. The minimum absolute atomic E-state index is 0.153. The van der Waals surface area contributed by atoms with Crippen molar-refractivity contribution in [3.63, 3.8) is 0 Å². The van der Waals surface area contributed by atoms with Gasteiger partial charge in [0, 0.05) is 22.7 Å². The number of hydrogen-bond acceptors (Lipinski definition) is 3. The van der Waals surface area contributed by atoms with Crippen LogP contribution in [0.4, 0.5) is 14.5 Å². The van der Waals surface area contributed by atoms with Crippen molar-refractivity contribution >= 4 is 17.3 Å². The maximum absolute atomic E-state index is 11.8. The highest BCUT2D eigenvalue weighted by atomic mass is 35.5. The normalized spacial score (nSPS) is 10.8. The summed E-state index contributed by atoms with van der Waals surface area (Å²) in [6, 6.07) is 3.77. The van der Waals surface area contributed by atoms with E-state index in [4.69, 9.17) is 11.6 Å². The minimum atomic E-state index is -2.57. The van der Waals surface area contributed by atoms with Crippen LogP contribution in [0.15, 0.2) is 18.2 Å². The Hall–Kier alpha value is -1.27. The molecule has 88 valence electrons. The summed E-state index contributed by atoms with van der Waals surface area (Å²) in [7, 11) is 0. The van der Waals surface area contributed by atoms with Crippen LogP contribution in [0.25, 0.3) is 0 Å². The van der Waals surface area contributed by atoms with Gasteiger partial charge in [-0.15, -0.1) is 0 Å². The first-order chi connectivity index (χ1) is 7.50. The Morgan fingerprint density at radius 3 is 2.75 bits per heavy atom. The van der Waals surface area contributed by atoms with Gasteiger partial charge in [0.05, 0.1) is 11.5 Å². The fraction of sp³-hybridized carbons (Fsp3) is 0.333. The second-order valence-corrected chi connectivity index (χ2v) is 3.35. The molecule has 7 heteroatoms. The lowest BCUT2D eigenvalue weighted by atomic mass is 10.2. The lowest BCUT2D eigenvalue weighted by Crippen LogP contribution is -2.04. The van der Waals surface area contributed by atoms with E-state index in [1.165, 1.54) is 18.2 Å². The van der Waals surface area contributed by atoms with E-state index >= 15 is 0 Å². The van der Waals surface area contributed by atoms with Crippen LogP contribution in [0.2, 0.25) is 5.02 Å². The summed E-state index contributed by atoms with van der Waals surface area (Å²) in [5.41, 5.74) is 0.163. The molecule has 0 saturated heterocycles. The van der Waals surface area contributed by atoms with Crippen LogP contribution in [0.5, 0.6) is 0 Å². The molecule has 0 aliphatic carbocycles. The van der Waals surface area contributed by atoms with Crippen molar-refractivity contribution in [3.8, 4) is 0 Å². The smallest absolute Gasteiger partial charge is 0.269 e. The van der Waals surface area contributed by atoms with Crippen LogP contribution < -0.4 is 0 Å². The van der Waals surface area contributed by atoms with Gasteiger partial charge in [0.2, 0.25) is 0 Å². The first-order valence-corrected chi connectivity index (χ1v) is 4.67. The van der Waals surface area contributed by atoms with Gasteiger partial charge >= 0.3 is 0 Å². The Morgan fingerprint density at radius 1 is 1.50 bits per heavy atom. The van der Waals surface area contributed by atoms with Gasteiger partial charge in [-0.3, -0.25) is 10.1 Å². The summed E-state index contributed by atoms with van der Waals surface area (Å²) < 4.78 is 28.2. The molecular weight excluding hydrogens is 244 g/mol. The largest absolute Gasteiger partial charge is 0.371 e. The Balaban J connectivity index is 2.70. The highest BCUT2D eigenvalue weighted by molar-refractivity contribution is 6.31. The minimum Gasteiger partial charge on any atom is -0.371 e. The molecule has 1 aromatic rings. The van der Waals surface area contributed by atoms with E-state index in [0.717, 1.165) is 0 Å². The molecule has 0 fully saturated rings. The SMILES string of the molecule is O=[N+]([O-])c1ccc(Cl)c(COCC(F)F)c1. The van der Waals surface area contributed by atoms with Gasteiger partial charge in [0.1, 0.15) is 6.61 Å². The van der Waals surface area contributed by atoms with Gasteiger partial charge in [-0.25, -0.2) is 8.78 Å². The lowest BCUT2D eigenvalue weighted by molar-refractivity contribution is -0.384. The number of nitro benzene ring substituents is 1. The summed E-state index contributed by atoms with van der Waals surface area (Å²) in [6.07, 6.45) is -2.57. The van der Waals surface area contributed by atoms with Crippen LogP contribution in [0.3, 0.4) is 0 Å². The average molecular weight is 252 g/mol. The zero-order valence-corrected chi connectivity index (χ0v) is 8.79. The maximum Gasteiger partial charge on any atom is 0.269 e. The predicted molar refractivity (Wildman–Crippen MR) is 53.8 cm³/mol. The van der Waals surface area contributed by atoms with Gasteiger partial charge in [0.25, 0.3) is 12.1 Å². The third-order valence-electron chi connectivity index (χ3n) is 1.74. The van der Waals surface area contributed by atoms with Crippen molar-refractivity contribution in [2.24, 2.45) is 0 Å². The van der Waals surface area contributed by atoms with E-state index in [2.05, 4.69) is 4.74 Å². The van der Waals surface area contributed by atoms with Crippen molar-refractivity contribution in [1.29, 1.82) is 0 Å². The van der Waals surface area contributed by atoms with Crippen LogP contribution in [0, 0.1) is 10.1 Å². The van der Waals surface area contributed by atoms with Gasteiger partial charge in [-0.05, 0) is 6.07 Å². The monoisotopic (exact) mass is 251 g/mol. The van der Waals surface area contributed by atoms with Gasteiger partial charge in [-0.2, -0.15) is 0 Å². The molecule has 0 bridgehead atoms. The molecule has 0 radical (unpaired) electrons. The first-order valence-electron chi connectivity index (χ1n) is 4.29.